The highest BCUT2D eigenvalue weighted by molar-refractivity contribution is 6.21. The molecule has 2 heteroatoms. The van der Waals surface area contributed by atoms with Crippen LogP contribution >= 0.6 is 0 Å². The lowest BCUT2D eigenvalue weighted by Crippen LogP contribution is -2.11. The average molecular weight is 664 g/mol. The lowest BCUT2D eigenvalue weighted by atomic mass is 9.95. The monoisotopic (exact) mass is 663 g/mol. The molecule has 0 spiro atoms. The molecular weight excluding hydrogens is 631 g/mol. The van der Waals surface area contributed by atoms with E-state index in [-0.39, 0.29) is 0 Å². The lowest BCUT2D eigenvalue weighted by molar-refractivity contribution is 0.673. The van der Waals surface area contributed by atoms with E-state index in [0.717, 1.165) is 44.4 Å². The summed E-state index contributed by atoms with van der Waals surface area (Å²) >= 11 is 0. The second kappa shape index (κ2) is 12.5. The third kappa shape index (κ3) is 4.96. The molecule has 0 fully saturated rings. The Morgan fingerprint density at radius 2 is 0.788 bits per heavy atom. The van der Waals surface area contributed by atoms with Crippen LogP contribution in [-0.2, 0) is 0 Å². The van der Waals surface area contributed by atoms with Crippen molar-refractivity contribution in [2.24, 2.45) is 0 Å². The summed E-state index contributed by atoms with van der Waals surface area (Å²) in [4.78, 5) is 2.37. The van der Waals surface area contributed by atoms with E-state index in [9.17, 15) is 0 Å². The smallest absolute Gasteiger partial charge is 0.159 e. The van der Waals surface area contributed by atoms with Gasteiger partial charge in [-0.25, -0.2) is 0 Å². The SMILES string of the molecule is c1ccc(-c2ccc(N(c3ccc(-c4ccccc4)c4ccccc34)c3cccc4c3oc3c5ccccc5c(-c5ccccc5)cc43)cc2)cc1. The van der Waals surface area contributed by atoms with E-state index < -0.39 is 0 Å². The van der Waals surface area contributed by atoms with Crippen molar-refractivity contribution in [3.05, 3.63) is 200 Å². The largest absolute Gasteiger partial charge is 0.453 e. The minimum atomic E-state index is 0.858. The molecule has 244 valence electrons. The van der Waals surface area contributed by atoms with Crippen molar-refractivity contribution in [2.45, 2.75) is 0 Å². The molecule has 10 aromatic rings. The van der Waals surface area contributed by atoms with Crippen LogP contribution in [0.15, 0.2) is 205 Å². The number of fused-ring (bicyclic) bond motifs is 6. The quantitative estimate of drug-likeness (QED) is 0.176. The van der Waals surface area contributed by atoms with Gasteiger partial charge in [-0.15, -0.1) is 0 Å². The maximum absolute atomic E-state index is 7.07. The van der Waals surface area contributed by atoms with Gasteiger partial charge in [-0.3, -0.25) is 0 Å². The van der Waals surface area contributed by atoms with Gasteiger partial charge in [0.25, 0.3) is 0 Å². The van der Waals surface area contributed by atoms with Crippen molar-refractivity contribution < 1.29 is 4.42 Å². The van der Waals surface area contributed by atoms with E-state index in [2.05, 4.69) is 205 Å². The summed E-state index contributed by atoms with van der Waals surface area (Å²) in [6.45, 7) is 0. The molecular formula is C50H33NO. The number of anilines is 3. The molecule has 0 N–H and O–H groups in total. The van der Waals surface area contributed by atoms with Crippen LogP contribution in [-0.4, -0.2) is 0 Å². The minimum absolute atomic E-state index is 0.858. The first-order valence-corrected chi connectivity index (χ1v) is 17.8. The first-order chi connectivity index (χ1) is 25.8. The van der Waals surface area contributed by atoms with Crippen LogP contribution in [0.25, 0.3) is 76.9 Å². The molecule has 1 heterocycles. The van der Waals surface area contributed by atoms with E-state index in [4.69, 9.17) is 4.42 Å². The molecule has 0 bridgehead atoms. The summed E-state index contributed by atoms with van der Waals surface area (Å²) in [5, 5.41) is 6.85. The van der Waals surface area contributed by atoms with Gasteiger partial charge >= 0.3 is 0 Å². The summed E-state index contributed by atoms with van der Waals surface area (Å²) in [6.07, 6.45) is 0. The molecule has 0 unspecified atom stereocenters. The molecule has 0 atom stereocenters. The van der Waals surface area contributed by atoms with Crippen molar-refractivity contribution in [2.75, 3.05) is 4.90 Å². The fourth-order valence-electron chi connectivity index (χ4n) is 7.83. The van der Waals surface area contributed by atoms with Crippen molar-refractivity contribution in [1.82, 2.24) is 0 Å². The van der Waals surface area contributed by atoms with Gasteiger partial charge in [0.1, 0.15) is 5.58 Å². The predicted molar refractivity (Wildman–Crippen MR) is 220 cm³/mol. The Labute approximate surface area is 302 Å². The van der Waals surface area contributed by atoms with Crippen LogP contribution in [0.4, 0.5) is 17.1 Å². The zero-order valence-corrected chi connectivity index (χ0v) is 28.4. The van der Waals surface area contributed by atoms with Crippen LogP contribution in [0.3, 0.4) is 0 Å². The first-order valence-electron chi connectivity index (χ1n) is 17.8. The highest BCUT2D eigenvalue weighted by Gasteiger charge is 2.23. The zero-order valence-electron chi connectivity index (χ0n) is 28.4. The summed E-state index contributed by atoms with van der Waals surface area (Å²) in [6, 6.07) is 71.5. The number of benzene rings is 9. The summed E-state index contributed by atoms with van der Waals surface area (Å²) in [5.74, 6) is 0. The van der Waals surface area contributed by atoms with Crippen molar-refractivity contribution in [3.8, 4) is 33.4 Å². The van der Waals surface area contributed by atoms with Gasteiger partial charge in [-0.2, -0.15) is 0 Å². The molecule has 9 aromatic carbocycles. The fourth-order valence-corrected chi connectivity index (χ4v) is 7.83. The molecule has 10 rings (SSSR count). The van der Waals surface area contributed by atoms with Crippen molar-refractivity contribution in [3.63, 3.8) is 0 Å². The first kappa shape index (κ1) is 30.0. The Kier molecular flexibility index (Phi) is 7.18. The zero-order chi connectivity index (χ0) is 34.4. The minimum Gasteiger partial charge on any atom is -0.453 e. The number of hydrogen-bond donors (Lipinski definition) is 0. The topological polar surface area (TPSA) is 16.4 Å². The molecule has 1 aromatic heterocycles. The molecule has 0 saturated carbocycles. The molecule has 0 aliphatic carbocycles. The highest BCUT2D eigenvalue weighted by atomic mass is 16.3. The lowest BCUT2D eigenvalue weighted by Gasteiger charge is -2.27. The Balaban J connectivity index is 1.24. The van der Waals surface area contributed by atoms with Gasteiger partial charge in [0.05, 0.1) is 11.4 Å². The van der Waals surface area contributed by atoms with Gasteiger partial charge < -0.3 is 9.32 Å². The van der Waals surface area contributed by atoms with Crippen LogP contribution in [0.5, 0.6) is 0 Å². The number of nitrogens with zero attached hydrogens (tertiary/aromatic N) is 1. The normalized spacial score (nSPS) is 11.5. The second-order valence-corrected chi connectivity index (χ2v) is 13.3. The number of para-hydroxylation sites is 1. The van der Waals surface area contributed by atoms with Gasteiger partial charge in [0.15, 0.2) is 5.58 Å². The van der Waals surface area contributed by atoms with Gasteiger partial charge in [0.2, 0.25) is 0 Å². The molecule has 2 nitrogen and oxygen atoms in total. The highest BCUT2D eigenvalue weighted by Crippen LogP contribution is 2.47. The predicted octanol–water partition coefficient (Wildman–Crippen LogP) is 14.4. The average Bonchev–Trinajstić information content (AvgIpc) is 3.61. The van der Waals surface area contributed by atoms with Gasteiger partial charge in [-0.1, -0.05) is 170 Å². The summed E-state index contributed by atoms with van der Waals surface area (Å²) in [7, 11) is 0. The van der Waals surface area contributed by atoms with E-state index in [0.29, 0.717) is 0 Å². The Bertz CT molecular complexity index is 2870. The molecule has 0 radical (unpaired) electrons. The fraction of sp³-hybridized carbons (Fsp3) is 0. The summed E-state index contributed by atoms with van der Waals surface area (Å²) in [5.41, 5.74) is 12.1. The number of hydrogen-bond acceptors (Lipinski definition) is 2. The third-order valence-electron chi connectivity index (χ3n) is 10.3. The molecule has 0 aliphatic heterocycles. The van der Waals surface area contributed by atoms with E-state index in [1.807, 2.05) is 0 Å². The third-order valence-corrected chi connectivity index (χ3v) is 10.3. The Hall–Kier alpha value is -6.90. The maximum Gasteiger partial charge on any atom is 0.159 e. The van der Waals surface area contributed by atoms with E-state index in [1.165, 1.54) is 49.5 Å². The molecule has 0 aliphatic rings. The number of rotatable bonds is 6. The van der Waals surface area contributed by atoms with Crippen LogP contribution < -0.4 is 4.90 Å². The van der Waals surface area contributed by atoms with Gasteiger partial charge in [-0.05, 0) is 74.5 Å². The van der Waals surface area contributed by atoms with Crippen molar-refractivity contribution in [1.29, 1.82) is 0 Å². The van der Waals surface area contributed by atoms with Crippen LogP contribution in [0.2, 0.25) is 0 Å². The molecule has 0 saturated heterocycles. The Morgan fingerprint density at radius 3 is 1.46 bits per heavy atom. The second-order valence-electron chi connectivity index (χ2n) is 13.3. The standard InChI is InChI=1S/C50H33NO/c1-4-15-34(16-5-1)35-27-29-38(30-28-35)51(47-32-31-39(36-17-6-2-7-18-36)40-21-10-12-23-42(40)47)48-26-14-25-44-46-33-45(37-19-8-3-9-20-37)41-22-11-13-24-43(41)49(46)52-50(44)48/h1-33H. The molecule has 0 amide bonds. The van der Waals surface area contributed by atoms with Crippen LogP contribution in [0, 0.1) is 0 Å². The van der Waals surface area contributed by atoms with E-state index in [1.54, 1.807) is 0 Å². The molecule has 52 heavy (non-hydrogen) atoms. The van der Waals surface area contributed by atoms with E-state index >= 15 is 0 Å². The summed E-state index contributed by atoms with van der Waals surface area (Å²) < 4.78 is 7.07. The van der Waals surface area contributed by atoms with Crippen molar-refractivity contribution >= 4 is 60.5 Å². The van der Waals surface area contributed by atoms with Gasteiger partial charge in [0, 0.05) is 27.2 Å². The maximum atomic E-state index is 7.07. The number of furan rings is 1. The Morgan fingerprint density at radius 1 is 0.288 bits per heavy atom. The van der Waals surface area contributed by atoms with Crippen LogP contribution in [0.1, 0.15) is 0 Å².